The first-order valence-corrected chi connectivity index (χ1v) is 10.3. The van der Waals surface area contributed by atoms with Gasteiger partial charge in [0.1, 0.15) is 11.6 Å². The minimum absolute atomic E-state index is 0. The van der Waals surface area contributed by atoms with Crippen LogP contribution in [0.4, 0.5) is 4.39 Å². The Kier molecular flexibility index (Phi) is 9.95. The molecule has 0 bridgehead atoms. The number of benzene rings is 1. The van der Waals surface area contributed by atoms with Crippen LogP contribution in [0.1, 0.15) is 22.4 Å². The second kappa shape index (κ2) is 12.4. The third-order valence-corrected chi connectivity index (χ3v) is 4.89. The van der Waals surface area contributed by atoms with Crippen LogP contribution >= 0.6 is 35.3 Å². The van der Waals surface area contributed by atoms with Gasteiger partial charge in [0.05, 0.1) is 11.6 Å². The summed E-state index contributed by atoms with van der Waals surface area (Å²) in [5.74, 6) is 1.17. The summed E-state index contributed by atoms with van der Waals surface area (Å²) >= 11 is 1.70. The molecule has 0 aliphatic heterocycles. The van der Waals surface area contributed by atoms with Gasteiger partial charge in [0.25, 0.3) is 0 Å². The zero-order valence-corrected chi connectivity index (χ0v) is 20.0. The van der Waals surface area contributed by atoms with Gasteiger partial charge >= 0.3 is 0 Å². The van der Waals surface area contributed by atoms with Gasteiger partial charge in [-0.15, -0.1) is 35.3 Å². The fourth-order valence-electron chi connectivity index (χ4n) is 2.59. The minimum atomic E-state index is -0.355. The number of rotatable bonds is 8. The average Bonchev–Trinajstić information content (AvgIpc) is 3.12. The SMILES string of the molecule is CCNC(=NCc1cccnc1Oc1cccc(F)c1)NCCc1ncc(C)s1.I. The Labute approximate surface area is 197 Å². The Morgan fingerprint density at radius 3 is 2.80 bits per heavy atom. The van der Waals surface area contributed by atoms with Crippen molar-refractivity contribution in [2.24, 2.45) is 4.99 Å². The summed E-state index contributed by atoms with van der Waals surface area (Å²) in [5, 5.41) is 7.65. The fraction of sp³-hybridized carbons (Fsp3) is 0.286. The molecule has 160 valence electrons. The number of nitrogens with one attached hydrogen (secondary N) is 2. The summed E-state index contributed by atoms with van der Waals surface area (Å²) in [7, 11) is 0. The summed E-state index contributed by atoms with van der Waals surface area (Å²) in [5.41, 5.74) is 0.810. The molecule has 0 saturated heterocycles. The van der Waals surface area contributed by atoms with E-state index >= 15 is 0 Å². The van der Waals surface area contributed by atoms with Crippen molar-refractivity contribution in [3.63, 3.8) is 0 Å². The van der Waals surface area contributed by atoms with E-state index in [-0.39, 0.29) is 29.8 Å². The quantitative estimate of drug-likeness (QED) is 0.246. The number of aryl methyl sites for hydroxylation is 1. The molecule has 0 aliphatic rings. The lowest BCUT2D eigenvalue weighted by molar-refractivity contribution is 0.452. The zero-order chi connectivity index (χ0) is 20.5. The smallest absolute Gasteiger partial charge is 0.224 e. The highest BCUT2D eigenvalue weighted by molar-refractivity contribution is 14.0. The van der Waals surface area contributed by atoms with Crippen molar-refractivity contribution < 1.29 is 9.13 Å². The van der Waals surface area contributed by atoms with Crippen LogP contribution in [-0.4, -0.2) is 29.0 Å². The number of hydrogen-bond acceptors (Lipinski definition) is 5. The molecular weight excluding hydrogens is 516 g/mol. The molecule has 0 saturated carbocycles. The van der Waals surface area contributed by atoms with Gasteiger partial charge in [-0.2, -0.15) is 0 Å². The van der Waals surface area contributed by atoms with E-state index in [1.165, 1.54) is 17.0 Å². The number of hydrogen-bond donors (Lipinski definition) is 2. The lowest BCUT2D eigenvalue weighted by atomic mass is 10.2. The molecule has 9 heteroatoms. The number of pyridine rings is 1. The van der Waals surface area contributed by atoms with Crippen LogP contribution in [0.15, 0.2) is 53.8 Å². The molecule has 0 spiro atoms. The van der Waals surface area contributed by atoms with Crippen molar-refractivity contribution in [1.29, 1.82) is 0 Å². The van der Waals surface area contributed by atoms with Gasteiger partial charge in [0.15, 0.2) is 5.96 Å². The molecule has 0 amide bonds. The monoisotopic (exact) mass is 541 g/mol. The van der Waals surface area contributed by atoms with E-state index in [1.807, 2.05) is 25.3 Å². The molecule has 3 rings (SSSR count). The first-order valence-electron chi connectivity index (χ1n) is 9.45. The van der Waals surface area contributed by atoms with Crippen molar-refractivity contribution in [2.75, 3.05) is 13.1 Å². The fourth-order valence-corrected chi connectivity index (χ4v) is 3.38. The molecule has 2 aromatic heterocycles. The highest BCUT2D eigenvalue weighted by Gasteiger charge is 2.07. The van der Waals surface area contributed by atoms with Crippen LogP contribution in [0, 0.1) is 12.7 Å². The molecule has 2 N–H and O–H groups in total. The second-order valence-corrected chi connectivity index (χ2v) is 7.58. The number of guanidine groups is 1. The maximum atomic E-state index is 13.4. The summed E-state index contributed by atoms with van der Waals surface area (Å²) in [6.45, 7) is 5.94. The lowest BCUT2D eigenvalue weighted by Crippen LogP contribution is -2.38. The molecule has 0 unspecified atom stereocenters. The Morgan fingerprint density at radius 2 is 2.07 bits per heavy atom. The van der Waals surface area contributed by atoms with Gasteiger partial charge in [0, 0.05) is 48.4 Å². The van der Waals surface area contributed by atoms with Crippen LogP contribution < -0.4 is 15.4 Å². The first-order chi connectivity index (χ1) is 14.1. The Morgan fingerprint density at radius 1 is 1.20 bits per heavy atom. The first kappa shape index (κ1) is 24.0. The normalized spacial score (nSPS) is 11.0. The summed E-state index contributed by atoms with van der Waals surface area (Å²) in [6, 6.07) is 9.71. The van der Waals surface area contributed by atoms with Crippen LogP contribution in [0.2, 0.25) is 0 Å². The Hall–Kier alpha value is -2.27. The molecular formula is C21H25FIN5OS. The van der Waals surface area contributed by atoms with Crippen molar-refractivity contribution in [2.45, 2.75) is 26.8 Å². The molecule has 6 nitrogen and oxygen atoms in total. The highest BCUT2D eigenvalue weighted by atomic mass is 127. The van der Waals surface area contributed by atoms with E-state index in [9.17, 15) is 4.39 Å². The number of halogens is 2. The molecule has 2 heterocycles. The molecule has 1 aromatic carbocycles. The number of aliphatic imine (C=N–C) groups is 1. The maximum Gasteiger partial charge on any atom is 0.224 e. The van der Waals surface area contributed by atoms with Crippen LogP contribution in [-0.2, 0) is 13.0 Å². The van der Waals surface area contributed by atoms with E-state index < -0.39 is 0 Å². The molecule has 0 aliphatic carbocycles. The summed E-state index contributed by atoms with van der Waals surface area (Å²) < 4.78 is 19.2. The topological polar surface area (TPSA) is 71.4 Å². The predicted molar refractivity (Wildman–Crippen MR) is 129 cm³/mol. The minimum Gasteiger partial charge on any atom is -0.439 e. The van der Waals surface area contributed by atoms with Crippen molar-refractivity contribution in [3.05, 3.63) is 70.1 Å². The number of ether oxygens (including phenoxy) is 1. The largest absolute Gasteiger partial charge is 0.439 e. The second-order valence-electron chi connectivity index (χ2n) is 6.26. The zero-order valence-electron chi connectivity index (χ0n) is 16.9. The molecule has 30 heavy (non-hydrogen) atoms. The number of thiazole rings is 1. The molecule has 0 radical (unpaired) electrons. The maximum absolute atomic E-state index is 13.4. The highest BCUT2D eigenvalue weighted by Crippen LogP contribution is 2.23. The number of aromatic nitrogens is 2. The predicted octanol–water partition coefficient (Wildman–Crippen LogP) is 4.69. The Bertz CT molecular complexity index is 966. The van der Waals surface area contributed by atoms with Gasteiger partial charge in [0.2, 0.25) is 5.88 Å². The molecule has 0 fully saturated rings. The van der Waals surface area contributed by atoms with E-state index in [1.54, 1.807) is 29.7 Å². The third kappa shape index (κ3) is 7.52. The summed E-state index contributed by atoms with van der Waals surface area (Å²) in [6.07, 6.45) is 4.37. The van der Waals surface area contributed by atoms with Gasteiger partial charge in [-0.3, -0.25) is 0 Å². The average molecular weight is 541 g/mol. The number of nitrogens with zero attached hydrogens (tertiary/aromatic N) is 3. The molecule has 0 atom stereocenters. The van der Waals surface area contributed by atoms with E-state index in [2.05, 4.69) is 32.5 Å². The summed E-state index contributed by atoms with van der Waals surface area (Å²) in [4.78, 5) is 14.5. The van der Waals surface area contributed by atoms with Crippen molar-refractivity contribution in [3.8, 4) is 11.6 Å². The van der Waals surface area contributed by atoms with Gasteiger partial charge in [-0.1, -0.05) is 12.1 Å². The van der Waals surface area contributed by atoms with Crippen LogP contribution in [0.3, 0.4) is 0 Å². The van der Waals surface area contributed by atoms with Crippen LogP contribution in [0.25, 0.3) is 0 Å². The Balaban J connectivity index is 0.00000320. The van der Waals surface area contributed by atoms with Gasteiger partial charge < -0.3 is 15.4 Å². The third-order valence-electron chi connectivity index (χ3n) is 3.91. The standard InChI is InChI=1S/C21H24FN5OS.HI/c1-3-23-21(25-11-9-19-26-13-15(2)29-19)27-14-16-6-5-10-24-20(16)28-18-8-4-7-17(22)12-18;/h4-8,10,12-13H,3,9,11,14H2,1-2H3,(H2,23,25,27);1H. The lowest BCUT2D eigenvalue weighted by Gasteiger charge is -2.12. The van der Waals surface area contributed by atoms with Crippen molar-refractivity contribution >= 4 is 41.3 Å². The van der Waals surface area contributed by atoms with Gasteiger partial charge in [-0.05, 0) is 32.0 Å². The van der Waals surface area contributed by atoms with Crippen molar-refractivity contribution in [1.82, 2.24) is 20.6 Å². The van der Waals surface area contributed by atoms with E-state index in [4.69, 9.17) is 4.74 Å². The van der Waals surface area contributed by atoms with E-state index in [0.717, 1.165) is 30.1 Å². The van der Waals surface area contributed by atoms with Gasteiger partial charge in [-0.25, -0.2) is 19.4 Å². The molecule has 3 aromatic rings. The van der Waals surface area contributed by atoms with E-state index in [0.29, 0.717) is 24.1 Å². The van der Waals surface area contributed by atoms with Crippen LogP contribution in [0.5, 0.6) is 11.6 Å².